The van der Waals surface area contributed by atoms with Gasteiger partial charge in [-0.1, -0.05) is 41.4 Å². The fraction of sp³-hybridized carbons (Fsp3) is 0.111. The summed E-state index contributed by atoms with van der Waals surface area (Å²) < 4.78 is 5.22. The Kier molecular flexibility index (Phi) is 5.35. The summed E-state index contributed by atoms with van der Waals surface area (Å²) in [4.78, 5) is 24.8. The van der Waals surface area contributed by atoms with Gasteiger partial charge in [0.2, 0.25) is 0 Å². The van der Waals surface area contributed by atoms with Crippen LogP contribution in [0.3, 0.4) is 0 Å². The van der Waals surface area contributed by atoms with Crippen molar-refractivity contribution in [3.8, 4) is 5.75 Å². The van der Waals surface area contributed by atoms with Crippen LogP contribution in [0, 0.1) is 0 Å². The van der Waals surface area contributed by atoms with Gasteiger partial charge in [-0.15, -0.1) is 0 Å². The maximum absolute atomic E-state index is 12.7. The Balaban J connectivity index is 1.93. The highest BCUT2D eigenvalue weighted by atomic mass is 35.5. The fourth-order valence-electron chi connectivity index (χ4n) is 2.56. The molecule has 2 aromatic carbocycles. The van der Waals surface area contributed by atoms with Crippen molar-refractivity contribution in [1.82, 2.24) is 10.2 Å². The molecule has 6 nitrogen and oxygen atoms in total. The van der Waals surface area contributed by atoms with Crippen LogP contribution in [0.4, 0.5) is 5.69 Å². The molecule has 26 heavy (non-hydrogen) atoms. The van der Waals surface area contributed by atoms with Crippen LogP contribution in [-0.2, 0) is 6.42 Å². The van der Waals surface area contributed by atoms with Gasteiger partial charge < -0.3 is 10.1 Å². The van der Waals surface area contributed by atoms with E-state index in [0.717, 1.165) is 0 Å². The Morgan fingerprint density at radius 2 is 1.73 bits per heavy atom. The first-order chi connectivity index (χ1) is 12.5. The highest BCUT2D eigenvalue weighted by molar-refractivity contribution is 6.36. The Morgan fingerprint density at radius 3 is 2.42 bits per heavy atom. The van der Waals surface area contributed by atoms with Crippen molar-refractivity contribution in [2.24, 2.45) is 0 Å². The second-order valence-corrected chi connectivity index (χ2v) is 6.28. The van der Waals surface area contributed by atoms with E-state index in [2.05, 4.69) is 15.5 Å². The van der Waals surface area contributed by atoms with Gasteiger partial charge in [0, 0.05) is 16.5 Å². The molecule has 0 aliphatic rings. The third-order valence-corrected chi connectivity index (χ3v) is 4.58. The number of para-hydroxylation sites is 2. The summed E-state index contributed by atoms with van der Waals surface area (Å²) in [6.07, 6.45) is 0.117. The first kappa shape index (κ1) is 18.1. The topological polar surface area (TPSA) is 87.0 Å². The number of halogens is 2. The molecule has 0 radical (unpaired) electrons. The van der Waals surface area contributed by atoms with Gasteiger partial charge >= 0.3 is 0 Å². The molecule has 0 fully saturated rings. The zero-order valence-corrected chi connectivity index (χ0v) is 15.2. The van der Waals surface area contributed by atoms with Crippen LogP contribution in [-0.4, -0.2) is 23.2 Å². The predicted octanol–water partition coefficient (Wildman–Crippen LogP) is 3.86. The molecule has 3 rings (SSSR count). The van der Waals surface area contributed by atoms with Crippen LogP contribution in [0.1, 0.15) is 21.6 Å². The molecule has 3 N–H and O–H groups in total. The number of H-pyrrole nitrogens is 2. The number of aromatic nitrogens is 2. The molecule has 1 amide bonds. The molecule has 1 aromatic heterocycles. The summed E-state index contributed by atoms with van der Waals surface area (Å²) in [6, 6.07) is 12.0. The number of hydrogen-bond donors (Lipinski definition) is 3. The smallest absolute Gasteiger partial charge is 0.274 e. The van der Waals surface area contributed by atoms with Gasteiger partial charge in [0.1, 0.15) is 11.4 Å². The quantitative estimate of drug-likeness (QED) is 0.616. The average molecular weight is 392 g/mol. The van der Waals surface area contributed by atoms with E-state index in [1.54, 1.807) is 42.5 Å². The zero-order valence-electron chi connectivity index (χ0n) is 13.7. The Hall–Kier alpha value is -2.70. The minimum Gasteiger partial charge on any atom is -0.495 e. The summed E-state index contributed by atoms with van der Waals surface area (Å²) >= 11 is 12.4. The number of benzene rings is 2. The second-order valence-electron chi connectivity index (χ2n) is 5.46. The largest absolute Gasteiger partial charge is 0.495 e. The number of carbonyl (C=O) groups excluding carboxylic acids is 1. The Morgan fingerprint density at radius 1 is 1.04 bits per heavy atom. The number of hydrogen-bond acceptors (Lipinski definition) is 3. The number of aromatic amines is 2. The van der Waals surface area contributed by atoms with E-state index in [-0.39, 0.29) is 17.7 Å². The Labute approximate surface area is 159 Å². The predicted molar refractivity (Wildman–Crippen MR) is 102 cm³/mol. The molecule has 134 valence electrons. The first-order valence-electron chi connectivity index (χ1n) is 7.68. The van der Waals surface area contributed by atoms with Gasteiger partial charge in [-0.3, -0.25) is 19.8 Å². The summed E-state index contributed by atoms with van der Waals surface area (Å²) in [5, 5.41) is 8.62. The molecule has 0 spiro atoms. The van der Waals surface area contributed by atoms with Crippen LogP contribution in [0.2, 0.25) is 10.0 Å². The van der Waals surface area contributed by atoms with Crippen LogP contribution < -0.4 is 15.6 Å². The Bertz CT molecular complexity index is 991. The third-order valence-electron chi connectivity index (χ3n) is 3.87. The normalized spacial score (nSPS) is 10.6. The lowest BCUT2D eigenvalue weighted by Gasteiger charge is -2.10. The molecular weight excluding hydrogens is 377 g/mol. The van der Waals surface area contributed by atoms with Crippen molar-refractivity contribution in [3.05, 3.63) is 79.7 Å². The maximum atomic E-state index is 12.7. The van der Waals surface area contributed by atoms with Crippen molar-refractivity contribution >= 4 is 34.8 Å². The maximum Gasteiger partial charge on any atom is 0.274 e. The van der Waals surface area contributed by atoms with Gasteiger partial charge in [-0.2, -0.15) is 0 Å². The van der Waals surface area contributed by atoms with Crippen molar-refractivity contribution in [3.63, 3.8) is 0 Å². The van der Waals surface area contributed by atoms with E-state index in [1.165, 1.54) is 7.11 Å². The van der Waals surface area contributed by atoms with Gasteiger partial charge in [0.25, 0.3) is 11.5 Å². The van der Waals surface area contributed by atoms with Crippen molar-refractivity contribution in [2.75, 3.05) is 12.4 Å². The van der Waals surface area contributed by atoms with E-state index in [0.29, 0.717) is 27.0 Å². The number of anilines is 1. The minimum absolute atomic E-state index is 0.108. The lowest BCUT2D eigenvalue weighted by molar-refractivity contribution is 0.102. The average Bonchev–Trinajstić information content (AvgIpc) is 2.99. The van der Waals surface area contributed by atoms with Crippen LogP contribution in [0.25, 0.3) is 0 Å². The molecule has 1 heterocycles. The van der Waals surface area contributed by atoms with E-state index in [9.17, 15) is 9.59 Å². The van der Waals surface area contributed by atoms with Gasteiger partial charge in [0.05, 0.1) is 18.4 Å². The third kappa shape index (κ3) is 3.61. The molecule has 0 atom stereocenters. The monoisotopic (exact) mass is 391 g/mol. The number of rotatable bonds is 5. The zero-order chi connectivity index (χ0) is 18.7. The molecule has 0 aliphatic heterocycles. The molecule has 0 aliphatic carbocycles. The summed E-state index contributed by atoms with van der Waals surface area (Å²) in [5.41, 5.74) is 1.01. The second kappa shape index (κ2) is 7.68. The van der Waals surface area contributed by atoms with Crippen LogP contribution >= 0.6 is 23.2 Å². The lowest BCUT2D eigenvalue weighted by atomic mass is 10.0. The van der Waals surface area contributed by atoms with Gasteiger partial charge in [-0.25, -0.2) is 0 Å². The number of nitrogens with one attached hydrogen (secondary N) is 3. The number of methoxy groups -OCH3 is 1. The lowest BCUT2D eigenvalue weighted by Crippen LogP contribution is -2.17. The van der Waals surface area contributed by atoms with E-state index in [4.69, 9.17) is 27.9 Å². The highest BCUT2D eigenvalue weighted by Gasteiger charge is 2.20. The summed E-state index contributed by atoms with van der Waals surface area (Å²) in [5.74, 6) is 0.0282. The van der Waals surface area contributed by atoms with E-state index < -0.39 is 11.5 Å². The van der Waals surface area contributed by atoms with Crippen molar-refractivity contribution in [1.29, 1.82) is 0 Å². The molecule has 3 aromatic rings. The first-order valence-corrected chi connectivity index (χ1v) is 8.43. The summed E-state index contributed by atoms with van der Waals surface area (Å²) in [7, 11) is 1.51. The molecule has 0 saturated carbocycles. The van der Waals surface area contributed by atoms with Gasteiger partial charge in [0.15, 0.2) is 0 Å². The fourth-order valence-corrected chi connectivity index (χ4v) is 3.09. The molecule has 0 bridgehead atoms. The molecule has 0 unspecified atom stereocenters. The molecular formula is C18H15Cl2N3O3. The van der Waals surface area contributed by atoms with Gasteiger partial charge in [-0.05, 0) is 29.8 Å². The standard InChI is InChI=1S/C18H15Cl2N3O3/c1-26-15-8-3-2-7-14(15)21-18(25)16-11(17(24)23-22-16)9-10-12(19)5-4-6-13(10)20/h2-8H,9H2,1H3,(H,21,25)(H2,22,23,24). The SMILES string of the molecule is COc1ccccc1NC(=O)c1[nH][nH]c(=O)c1Cc1c(Cl)cccc1Cl. The van der Waals surface area contributed by atoms with E-state index >= 15 is 0 Å². The summed E-state index contributed by atoms with van der Waals surface area (Å²) in [6.45, 7) is 0. The van der Waals surface area contributed by atoms with Crippen molar-refractivity contribution < 1.29 is 9.53 Å². The molecule has 0 saturated heterocycles. The van der Waals surface area contributed by atoms with Crippen molar-refractivity contribution in [2.45, 2.75) is 6.42 Å². The van der Waals surface area contributed by atoms with Crippen LogP contribution in [0.5, 0.6) is 5.75 Å². The highest BCUT2D eigenvalue weighted by Crippen LogP contribution is 2.27. The van der Waals surface area contributed by atoms with Crippen LogP contribution in [0.15, 0.2) is 47.3 Å². The minimum atomic E-state index is -0.481. The number of ether oxygens (including phenoxy) is 1. The molecule has 8 heteroatoms. The van der Waals surface area contributed by atoms with E-state index in [1.807, 2.05) is 0 Å². The number of carbonyl (C=O) groups is 1. The number of amides is 1.